The average molecular weight is 295 g/mol. The molecule has 0 amide bonds. The van der Waals surface area contributed by atoms with Crippen LogP contribution in [0.5, 0.6) is 0 Å². The molecule has 2 nitrogen and oxygen atoms in total. The van der Waals surface area contributed by atoms with Crippen LogP contribution in [0, 0.1) is 22.7 Å². The van der Waals surface area contributed by atoms with Gasteiger partial charge < -0.3 is 5.73 Å². The molecule has 0 aromatic heterocycles. The Kier molecular flexibility index (Phi) is 4.81. The molecule has 2 aliphatic rings. The van der Waals surface area contributed by atoms with Gasteiger partial charge >= 0.3 is 0 Å². The molecule has 2 rings (SSSR count). The van der Waals surface area contributed by atoms with Crippen LogP contribution in [0.4, 0.5) is 0 Å². The van der Waals surface area contributed by atoms with Gasteiger partial charge in [-0.05, 0) is 67.9 Å². The third kappa shape index (κ3) is 3.47. The highest BCUT2D eigenvalue weighted by atomic mass is 15.2. The van der Waals surface area contributed by atoms with Gasteiger partial charge in [0.2, 0.25) is 0 Å². The summed E-state index contributed by atoms with van der Waals surface area (Å²) in [5, 5.41) is 0. The van der Waals surface area contributed by atoms with E-state index in [1.807, 2.05) is 0 Å². The summed E-state index contributed by atoms with van der Waals surface area (Å²) in [6.07, 6.45) is 6.68. The Hall–Kier alpha value is -0.0800. The largest absolute Gasteiger partial charge is 0.329 e. The molecule has 1 saturated heterocycles. The Morgan fingerprint density at radius 2 is 1.81 bits per heavy atom. The highest BCUT2D eigenvalue weighted by molar-refractivity contribution is 5.06. The van der Waals surface area contributed by atoms with E-state index >= 15 is 0 Å². The van der Waals surface area contributed by atoms with Crippen molar-refractivity contribution < 1.29 is 0 Å². The molecule has 3 unspecified atom stereocenters. The van der Waals surface area contributed by atoms with Crippen LogP contribution in [0.1, 0.15) is 73.6 Å². The fraction of sp³-hybridized carbons (Fsp3) is 1.00. The van der Waals surface area contributed by atoms with E-state index in [2.05, 4.69) is 46.4 Å². The lowest BCUT2D eigenvalue weighted by atomic mass is 9.76. The molecule has 0 aromatic carbocycles. The van der Waals surface area contributed by atoms with Gasteiger partial charge in [-0.2, -0.15) is 0 Å². The van der Waals surface area contributed by atoms with Gasteiger partial charge in [0.1, 0.15) is 0 Å². The first-order valence-corrected chi connectivity index (χ1v) is 9.06. The summed E-state index contributed by atoms with van der Waals surface area (Å²) in [5.41, 5.74) is 7.50. The van der Waals surface area contributed by atoms with Gasteiger partial charge in [-0.15, -0.1) is 0 Å². The van der Waals surface area contributed by atoms with Crippen molar-refractivity contribution in [1.29, 1.82) is 0 Å². The smallest absolute Gasteiger partial charge is 0.0362 e. The molecule has 2 N–H and O–H groups in total. The zero-order valence-electron chi connectivity index (χ0n) is 15.3. The lowest BCUT2D eigenvalue weighted by molar-refractivity contribution is 0.0590. The van der Waals surface area contributed by atoms with Crippen molar-refractivity contribution in [3.8, 4) is 0 Å². The minimum atomic E-state index is 0.260. The van der Waals surface area contributed by atoms with Crippen LogP contribution in [0.3, 0.4) is 0 Å². The van der Waals surface area contributed by atoms with Crippen molar-refractivity contribution in [2.75, 3.05) is 19.6 Å². The topological polar surface area (TPSA) is 29.3 Å². The molecule has 124 valence electrons. The van der Waals surface area contributed by atoms with E-state index in [1.165, 1.54) is 45.2 Å². The Morgan fingerprint density at radius 1 is 1.14 bits per heavy atom. The van der Waals surface area contributed by atoms with Gasteiger partial charge in [-0.25, -0.2) is 0 Å². The van der Waals surface area contributed by atoms with Crippen molar-refractivity contribution in [2.45, 2.75) is 79.2 Å². The lowest BCUT2D eigenvalue weighted by Crippen LogP contribution is -2.56. The van der Waals surface area contributed by atoms with Crippen LogP contribution >= 0.6 is 0 Å². The molecule has 2 heteroatoms. The Balaban J connectivity index is 2.13. The minimum Gasteiger partial charge on any atom is -0.329 e. The standard InChI is InChI=1S/C19H38N2/c1-15-12-18(5,6)13-19(15,14-20)21-10-7-8-16(9-11-21)17(2,3)4/h15-16H,7-14,20H2,1-6H3. The number of rotatable bonds is 2. The van der Waals surface area contributed by atoms with E-state index < -0.39 is 0 Å². The first-order valence-electron chi connectivity index (χ1n) is 9.06. The first-order chi connectivity index (χ1) is 9.61. The Morgan fingerprint density at radius 3 is 2.29 bits per heavy atom. The van der Waals surface area contributed by atoms with Crippen LogP contribution < -0.4 is 5.73 Å². The summed E-state index contributed by atoms with van der Waals surface area (Å²) < 4.78 is 0. The summed E-state index contributed by atoms with van der Waals surface area (Å²) >= 11 is 0. The van der Waals surface area contributed by atoms with Crippen LogP contribution in [0.2, 0.25) is 0 Å². The highest BCUT2D eigenvalue weighted by Crippen LogP contribution is 2.50. The Bertz CT molecular complexity index is 355. The van der Waals surface area contributed by atoms with Crippen LogP contribution in [-0.2, 0) is 0 Å². The maximum atomic E-state index is 6.34. The van der Waals surface area contributed by atoms with Crippen molar-refractivity contribution in [2.24, 2.45) is 28.4 Å². The summed E-state index contributed by atoms with van der Waals surface area (Å²) in [6.45, 7) is 17.9. The second kappa shape index (κ2) is 5.85. The molecule has 1 aliphatic heterocycles. The molecule has 3 atom stereocenters. The van der Waals surface area contributed by atoms with Gasteiger partial charge in [0.15, 0.2) is 0 Å². The van der Waals surface area contributed by atoms with Crippen LogP contribution in [0.15, 0.2) is 0 Å². The number of hydrogen-bond acceptors (Lipinski definition) is 2. The predicted octanol–water partition coefficient (Wildman–Crippen LogP) is 4.29. The molecular formula is C19H38N2. The lowest BCUT2D eigenvalue weighted by Gasteiger charge is -2.44. The first kappa shape index (κ1) is 17.3. The minimum absolute atomic E-state index is 0.260. The SMILES string of the molecule is CC1CC(C)(C)CC1(CN)N1CCCC(C(C)(C)C)CC1. The zero-order valence-corrected chi connectivity index (χ0v) is 15.3. The molecule has 0 bridgehead atoms. The average Bonchev–Trinajstić information content (AvgIpc) is 2.55. The molecule has 21 heavy (non-hydrogen) atoms. The summed E-state index contributed by atoms with van der Waals surface area (Å²) in [6, 6.07) is 0. The van der Waals surface area contributed by atoms with E-state index in [-0.39, 0.29) is 5.54 Å². The molecule has 0 radical (unpaired) electrons. The molecule has 1 aliphatic carbocycles. The molecule has 0 spiro atoms. The van der Waals surface area contributed by atoms with E-state index in [1.54, 1.807) is 0 Å². The van der Waals surface area contributed by atoms with Gasteiger partial charge in [-0.1, -0.05) is 41.5 Å². The molecule has 0 aromatic rings. The predicted molar refractivity (Wildman–Crippen MR) is 92.3 cm³/mol. The summed E-state index contributed by atoms with van der Waals surface area (Å²) in [7, 11) is 0. The van der Waals surface area contributed by atoms with E-state index in [0.29, 0.717) is 10.8 Å². The second-order valence-corrected chi connectivity index (χ2v) is 9.73. The Labute approximate surface area is 132 Å². The van der Waals surface area contributed by atoms with Gasteiger partial charge in [0.25, 0.3) is 0 Å². The number of hydrogen-bond donors (Lipinski definition) is 1. The molecular weight excluding hydrogens is 256 g/mol. The molecule has 1 saturated carbocycles. The fourth-order valence-electron chi connectivity index (χ4n) is 5.33. The normalized spacial score (nSPS) is 38.4. The number of nitrogens with zero attached hydrogens (tertiary/aromatic N) is 1. The van der Waals surface area contributed by atoms with Crippen molar-refractivity contribution in [1.82, 2.24) is 4.90 Å². The van der Waals surface area contributed by atoms with Crippen LogP contribution in [0.25, 0.3) is 0 Å². The van der Waals surface area contributed by atoms with Gasteiger partial charge in [0.05, 0.1) is 0 Å². The fourth-order valence-corrected chi connectivity index (χ4v) is 5.33. The number of likely N-dealkylation sites (tertiary alicyclic amines) is 1. The monoisotopic (exact) mass is 294 g/mol. The third-order valence-electron chi connectivity index (χ3n) is 6.50. The highest BCUT2D eigenvalue weighted by Gasteiger charge is 2.51. The van der Waals surface area contributed by atoms with E-state index in [0.717, 1.165) is 18.4 Å². The molecule has 2 fully saturated rings. The van der Waals surface area contributed by atoms with E-state index in [9.17, 15) is 0 Å². The summed E-state index contributed by atoms with van der Waals surface area (Å²) in [4.78, 5) is 2.79. The molecule has 1 heterocycles. The maximum Gasteiger partial charge on any atom is 0.0362 e. The maximum absolute atomic E-state index is 6.34. The van der Waals surface area contributed by atoms with E-state index in [4.69, 9.17) is 5.73 Å². The second-order valence-electron chi connectivity index (χ2n) is 9.73. The third-order valence-corrected chi connectivity index (χ3v) is 6.50. The zero-order chi connectivity index (χ0) is 15.9. The van der Waals surface area contributed by atoms with Gasteiger partial charge in [0, 0.05) is 12.1 Å². The van der Waals surface area contributed by atoms with Crippen molar-refractivity contribution in [3.05, 3.63) is 0 Å². The quantitative estimate of drug-likeness (QED) is 0.823. The van der Waals surface area contributed by atoms with Crippen molar-refractivity contribution in [3.63, 3.8) is 0 Å². The summed E-state index contributed by atoms with van der Waals surface area (Å²) in [5.74, 6) is 1.59. The number of nitrogens with two attached hydrogens (primary N) is 1. The van der Waals surface area contributed by atoms with Gasteiger partial charge in [-0.3, -0.25) is 4.90 Å². The van der Waals surface area contributed by atoms with Crippen LogP contribution in [-0.4, -0.2) is 30.1 Å². The van der Waals surface area contributed by atoms with Crippen molar-refractivity contribution >= 4 is 0 Å².